The zero-order chi connectivity index (χ0) is 25.1. The van der Waals surface area contributed by atoms with Gasteiger partial charge in [-0.2, -0.15) is 0 Å². The number of phenolic OH excluding ortho intramolecular Hbond substituents is 1. The number of carbonyl (C=O) groups excluding carboxylic acids is 1. The van der Waals surface area contributed by atoms with Crippen molar-refractivity contribution in [3.63, 3.8) is 0 Å². The molecule has 0 spiro atoms. The van der Waals surface area contributed by atoms with Crippen molar-refractivity contribution < 1.29 is 29.3 Å². The van der Waals surface area contributed by atoms with Gasteiger partial charge in [0.2, 0.25) is 0 Å². The number of amides is 2. The highest BCUT2D eigenvalue weighted by Gasteiger charge is 2.20. The van der Waals surface area contributed by atoms with Gasteiger partial charge in [-0.1, -0.05) is 30.7 Å². The van der Waals surface area contributed by atoms with E-state index in [2.05, 4.69) is 10.6 Å². The summed E-state index contributed by atoms with van der Waals surface area (Å²) >= 11 is 0. The summed E-state index contributed by atoms with van der Waals surface area (Å²) in [5.74, 6) is 0.420. The van der Waals surface area contributed by atoms with Crippen LogP contribution in [-0.4, -0.2) is 28.3 Å². The van der Waals surface area contributed by atoms with E-state index in [1.165, 1.54) is 18.4 Å². The first-order chi connectivity index (χ1) is 16.2. The molecule has 0 bridgehead atoms. The summed E-state index contributed by atoms with van der Waals surface area (Å²) in [6, 6.07) is 13.5. The number of hydrogen-bond donors (Lipinski definition) is 4. The van der Waals surface area contributed by atoms with Gasteiger partial charge < -0.3 is 25.0 Å². The van der Waals surface area contributed by atoms with Crippen LogP contribution < -0.4 is 20.1 Å². The lowest BCUT2D eigenvalue weighted by Gasteiger charge is -2.18. The lowest BCUT2D eigenvalue weighted by molar-refractivity contribution is -0.122. The molecule has 8 heteroatoms. The highest BCUT2D eigenvalue weighted by molar-refractivity contribution is 5.95. The second-order valence-electron chi connectivity index (χ2n) is 7.73. The number of para-hydroxylation sites is 1. The minimum absolute atomic E-state index is 0.118. The van der Waals surface area contributed by atoms with Gasteiger partial charge in [-0.15, -0.1) is 0 Å². The predicted molar refractivity (Wildman–Crippen MR) is 131 cm³/mol. The average molecular weight is 467 g/mol. The lowest BCUT2D eigenvalue weighted by atomic mass is 10.2. The molecular weight excluding hydrogens is 436 g/mol. The molecule has 1 unspecified atom stereocenters. The fourth-order valence-electron chi connectivity index (χ4n) is 2.88. The number of rotatable bonds is 10. The second-order valence-corrected chi connectivity index (χ2v) is 7.73. The fourth-order valence-corrected chi connectivity index (χ4v) is 2.88. The Hall–Kier alpha value is -4.20. The predicted octanol–water partition coefficient (Wildman–Crippen LogP) is 5.59. The summed E-state index contributed by atoms with van der Waals surface area (Å²) in [7, 11) is 0. The molecule has 2 aromatic carbocycles. The maximum Gasteiger partial charge on any atom is 0.409 e. The third kappa shape index (κ3) is 8.74. The Labute approximate surface area is 199 Å². The third-order valence-electron chi connectivity index (χ3n) is 4.37. The molecule has 0 aromatic heterocycles. The van der Waals surface area contributed by atoms with Gasteiger partial charge in [-0.05, 0) is 69.2 Å². The Kier molecular flexibility index (Phi) is 9.76. The molecule has 0 radical (unpaired) electrons. The molecular formula is C26H30N2O6. The maximum atomic E-state index is 12.7. The normalized spacial score (nSPS) is 12.4. The van der Waals surface area contributed by atoms with E-state index in [9.17, 15) is 14.7 Å². The summed E-state index contributed by atoms with van der Waals surface area (Å²) in [6.07, 6.45) is 3.28. The number of nitrogens with one attached hydrogen (secondary N) is 2. The number of phenols is 1. The van der Waals surface area contributed by atoms with Crippen molar-refractivity contribution in [3.05, 3.63) is 83.8 Å². The summed E-state index contributed by atoms with van der Waals surface area (Å²) in [4.78, 5) is 23.7. The van der Waals surface area contributed by atoms with Crippen molar-refractivity contribution >= 4 is 17.7 Å². The zero-order valence-corrected chi connectivity index (χ0v) is 19.7. The molecule has 2 aromatic rings. The van der Waals surface area contributed by atoms with Gasteiger partial charge in [0.25, 0.3) is 5.91 Å². The Morgan fingerprint density at radius 2 is 1.74 bits per heavy atom. The quantitative estimate of drug-likeness (QED) is 0.206. The van der Waals surface area contributed by atoms with Crippen LogP contribution in [0.4, 0.5) is 10.5 Å². The SMILES string of the molecule is CCC(Oc1ccccc1)C(=O)Nc1cc(O/C=C(C)/C=C(\C=C(C)C)NC(=O)O)ccc1O. The smallest absolute Gasteiger partial charge is 0.409 e. The number of ether oxygens (including phenoxy) is 2. The van der Waals surface area contributed by atoms with Crippen LogP contribution in [0.5, 0.6) is 17.2 Å². The zero-order valence-electron chi connectivity index (χ0n) is 19.7. The van der Waals surface area contributed by atoms with Gasteiger partial charge >= 0.3 is 6.09 Å². The number of benzene rings is 2. The first-order valence-electron chi connectivity index (χ1n) is 10.7. The monoisotopic (exact) mass is 466 g/mol. The molecule has 180 valence electrons. The van der Waals surface area contributed by atoms with Crippen LogP contribution >= 0.6 is 0 Å². The average Bonchev–Trinajstić information content (AvgIpc) is 2.77. The van der Waals surface area contributed by atoms with E-state index < -0.39 is 18.1 Å². The van der Waals surface area contributed by atoms with Crippen molar-refractivity contribution in [1.82, 2.24) is 5.32 Å². The van der Waals surface area contributed by atoms with E-state index in [0.717, 1.165) is 5.57 Å². The van der Waals surface area contributed by atoms with Gasteiger partial charge in [-0.25, -0.2) is 4.79 Å². The molecule has 0 saturated carbocycles. The van der Waals surface area contributed by atoms with Gasteiger partial charge in [0.1, 0.15) is 17.2 Å². The molecule has 34 heavy (non-hydrogen) atoms. The van der Waals surface area contributed by atoms with Crippen molar-refractivity contribution in [1.29, 1.82) is 0 Å². The molecule has 8 nitrogen and oxygen atoms in total. The number of carboxylic acid groups (broad SMARTS) is 1. The molecule has 0 heterocycles. The molecule has 0 aliphatic carbocycles. The van der Waals surface area contributed by atoms with Gasteiger partial charge in [0.15, 0.2) is 6.10 Å². The van der Waals surface area contributed by atoms with E-state index in [1.54, 1.807) is 37.3 Å². The second kappa shape index (κ2) is 12.7. The van der Waals surface area contributed by atoms with Crippen molar-refractivity contribution in [2.24, 2.45) is 0 Å². The largest absolute Gasteiger partial charge is 0.506 e. The molecule has 2 rings (SSSR count). The molecule has 2 amide bonds. The van der Waals surface area contributed by atoms with E-state index in [4.69, 9.17) is 14.6 Å². The highest BCUT2D eigenvalue weighted by Crippen LogP contribution is 2.29. The summed E-state index contributed by atoms with van der Waals surface area (Å²) < 4.78 is 11.4. The molecule has 1 atom stereocenters. The minimum Gasteiger partial charge on any atom is -0.506 e. The van der Waals surface area contributed by atoms with Gasteiger partial charge in [-0.3, -0.25) is 10.1 Å². The molecule has 0 aliphatic rings. The van der Waals surface area contributed by atoms with E-state index in [-0.39, 0.29) is 11.4 Å². The fraction of sp³-hybridized carbons (Fsp3) is 0.231. The first kappa shape index (κ1) is 26.1. The Bertz CT molecular complexity index is 1090. The molecule has 0 saturated heterocycles. The van der Waals surface area contributed by atoms with Crippen LogP contribution in [0.3, 0.4) is 0 Å². The molecule has 0 fully saturated rings. The molecule has 4 N–H and O–H groups in total. The van der Waals surface area contributed by atoms with E-state index in [1.807, 2.05) is 39.0 Å². The van der Waals surface area contributed by atoms with Crippen molar-refractivity contribution in [2.75, 3.05) is 5.32 Å². The molecule has 0 aliphatic heterocycles. The first-order valence-corrected chi connectivity index (χ1v) is 10.7. The van der Waals surface area contributed by atoms with Crippen LogP contribution in [0.15, 0.2) is 83.8 Å². The summed E-state index contributed by atoms with van der Waals surface area (Å²) in [5.41, 5.74) is 2.14. The summed E-state index contributed by atoms with van der Waals surface area (Å²) in [6.45, 7) is 7.29. The number of allylic oxidation sites excluding steroid dienone is 4. The van der Waals surface area contributed by atoms with Crippen molar-refractivity contribution in [2.45, 2.75) is 40.2 Å². The number of aromatic hydroxyl groups is 1. The minimum atomic E-state index is -1.17. The number of anilines is 1. The van der Waals surface area contributed by atoms with Crippen molar-refractivity contribution in [3.8, 4) is 17.2 Å². The van der Waals surface area contributed by atoms with Gasteiger partial charge in [0, 0.05) is 11.8 Å². The Morgan fingerprint density at radius 1 is 1.03 bits per heavy atom. The Balaban J connectivity index is 2.13. The highest BCUT2D eigenvalue weighted by atomic mass is 16.5. The van der Waals surface area contributed by atoms with Crippen LogP contribution in [0.25, 0.3) is 0 Å². The number of carbonyl (C=O) groups is 2. The van der Waals surface area contributed by atoms with E-state index >= 15 is 0 Å². The Morgan fingerprint density at radius 3 is 2.35 bits per heavy atom. The van der Waals surface area contributed by atoms with Crippen LogP contribution in [0, 0.1) is 0 Å². The van der Waals surface area contributed by atoms with E-state index in [0.29, 0.717) is 29.2 Å². The number of hydrogen-bond acceptors (Lipinski definition) is 5. The summed E-state index contributed by atoms with van der Waals surface area (Å²) in [5, 5.41) is 24.2. The van der Waals surface area contributed by atoms with Crippen LogP contribution in [-0.2, 0) is 4.79 Å². The maximum absolute atomic E-state index is 12.7. The standard InChI is InChI=1S/C26H30N2O6/c1-5-24(34-20-9-7-6-8-10-20)25(30)28-22-15-21(11-12-23(22)29)33-16-18(4)14-19(13-17(2)3)27-26(31)32/h6-16,24,27,29H,5H2,1-4H3,(H,28,30)(H,31,32)/b18-16+,19-14+. The van der Waals surface area contributed by atoms with Crippen LogP contribution in [0.2, 0.25) is 0 Å². The lowest BCUT2D eigenvalue weighted by Crippen LogP contribution is -2.32. The van der Waals surface area contributed by atoms with Gasteiger partial charge in [0.05, 0.1) is 11.9 Å². The topological polar surface area (TPSA) is 117 Å². The third-order valence-corrected chi connectivity index (χ3v) is 4.37. The van der Waals surface area contributed by atoms with Crippen LogP contribution in [0.1, 0.15) is 34.1 Å².